The molecule has 5 heteroatoms. The fourth-order valence-corrected chi connectivity index (χ4v) is 4.09. The first kappa shape index (κ1) is 13.7. The zero-order valence-electron chi connectivity index (χ0n) is 10.0. The molecule has 0 saturated carbocycles. The number of ether oxygens (including phenoxy) is 1. The Balaban J connectivity index is 2.38. The van der Waals surface area contributed by atoms with Crippen LogP contribution in [0.4, 0.5) is 0 Å². The highest BCUT2D eigenvalue weighted by molar-refractivity contribution is 8.11. The third-order valence-corrected chi connectivity index (χ3v) is 4.96. The van der Waals surface area contributed by atoms with Crippen molar-refractivity contribution < 1.29 is 4.74 Å². The number of methoxy groups -OCH3 is 1. The minimum Gasteiger partial charge on any atom is -0.497 e. The normalized spacial score (nSPS) is 15.8. The van der Waals surface area contributed by atoms with Crippen LogP contribution in [-0.4, -0.2) is 23.8 Å². The third-order valence-electron chi connectivity index (χ3n) is 2.47. The fourth-order valence-electron chi connectivity index (χ4n) is 1.60. The molecule has 94 valence electrons. The van der Waals surface area contributed by atoms with Gasteiger partial charge in [0.1, 0.15) is 10.8 Å². The molecular formula is C13H13NOS3. The van der Waals surface area contributed by atoms with Crippen LogP contribution in [0.3, 0.4) is 0 Å². The van der Waals surface area contributed by atoms with Gasteiger partial charge in [-0.25, -0.2) is 0 Å². The molecule has 0 unspecified atom stereocenters. The Kier molecular flexibility index (Phi) is 5.32. The Morgan fingerprint density at radius 3 is 2.61 bits per heavy atom. The Morgan fingerprint density at radius 2 is 1.94 bits per heavy atom. The Hall–Kier alpha value is -0.740. The van der Waals surface area contributed by atoms with Gasteiger partial charge in [-0.1, -0.05) is 12.1 Å². The van der Waals surface area contributed by atoms with Crippen LogP contribution in [0.5, 0.6) is 5.75 Å². The standard InChI is InChI=1S/C13H13NOS3/c1-15-11-5-3-10(4-6-11)12-13(14-9-16)18-8-2-7-17-12/h3-6H,2,7-8H2,1H3. The summed E-state index contributed by atoms with van der Waals surface area (Å²) in [7, 11) is 1.67. The van der Waals surface area contributed by atoms with E-state index in [9.17, 15) is 0 Å². The summed E-state index contributed by atoms with van der Waals surface area (Å²) in [5, 5.41) is 3.46. The molecule has 1 aromatic carbocycles. The number of benzene rings is 1. The van der Waals surface area contributed by atoms with Crippen LogP contribution in [-0.2, 0) is 0 Å². The van der Waals surface area contributed by atoms with Crippen LogP contribution < -0.4 is 4.74 Å². The van der Waals surface area contributed by atoms with E-state index in [0.717, 1.165) is 22.3 Å². The smallest absolute Gasteiger partial charge is 0.121 e. The molecule has 1 aromatic rings. The summed E-state index contributed by atoms with van der Waals surface area (Å²) in [6.07, 6.45) is 1.19. The van der Waals surface area contributed by atoms with E-state index in [0.29, 0.717) is 0 Å². The maximum absolute atomic E-state index is 5.18. The monoisotopic (exact) mass is 295 g/mol. The van der Waals surface area contributed by atoms with Crippen molar-refractivity contribution in [3.63, 3.8) is 0 Å². The van der Waals surface area contributed by atoms with Gasteiger partial charge in [-0.15, -0.1) is 23.5 Å². The van der Waals surface area contributed by atoms with Gasteiger partial charge in [0.15, 0.2) is 0 Å². The van der Waals surface area contributed by atoms with Crippen molar-refractivity contribution in [2.45, 2.75) is 6.42 Å². The molecule has 18 heavy (non-hydrogen) atoms. The van der Waals surface area contributed by atoms with Crippen LogP contribution in [0.25, 0.3) is 4.91 Å². The molecule has 0 spiro atoms. The van der Waals surface area contributed by atoms with Crippen LogP contribution in [0.1, 0.15) is 12.0 Å². The largest absolute Gasteiger partial charge is 0.497 e. The molecular weight excluding hydrogens is 282 g/mol. The number of isothiocyanates is 1. The predicted molar refractivity (Wildman–Crippen MR) is 84.5 cm³/mol. The Labute approximate surface area is 121 Å². The second-order valence-corrected chi connectivity index (χ2v) is 5.99. The first-order chi connectivity index (χ1) is 8.85. The van der Waals surface area contributed by atoms with E-state index < -0.39 is 0 Å². The van der Waals surface area contributed by atoms with E-state index in [4.69, 9.17) is 17.0 Å². The summed E-state index contributed by atoms with van der Waals surface area (Å²) in [6, 6.07) is 8.06. The van der Waals surface area contributed by atoms with Crippen molar-refractivity contribution >= 4 is 45.8 Å². The van der Waals surface area contributed by atoms with E-state index in [1.807, 2.05) is 23.9 Å². The molecule has 0 atom stereocenters. The number of aliphatic imine (C=N–C) groups is 1. The highest BCUT2D eigenvalue weighted by atomic mass is 32.2. The lowest BCUT2D eigenvalue weighted by Crippen LogP contribution is -1.86. The molecule has 1 aliphatic rings. The summed E-state index contributed by atoms with van der Waals surface area (Å²) in [5.74, 6) is 3.07. The van der Waals surface area contributed by atoms with Crippen LogP contribution in [0, 0.1) is 0 Å². The van der Waals surface area contributed by atoms with Gasteiger partial charge in [0, 0.05) is 10.7 Å². The number of thioether (sulfide) groups is 2. The topological polar surface area (TPSA) is 21.6 Å². The van der Waals surface area contributed by atoms with Gasteiger partial charge in [0.2, 0.25) is 0 Å². The van der Waals surface area contributed by atoms with E-state index in [-0.39, 0.29) is 0 Å². The maximum atomic E-state index is 5.18. The molecule has 0 N–H and O–H groups in total. The molecule has 2 nitrogen and oxygen atoms in total. The van der Waals surface area contributed by atoms with Crippen LogP contribution in [0.15, 0.2) is 34.3 Å². The van der Waals surface area contributed by atoms with E-state index in [1.54, 1.807) is 18.9 Å². The van der Waals surface area contributed by atoms with Crippen molar-refractivity contribution in [2.24, 2.45) is 4.99 Å². The summed E-state index contributed by atoms with van der Waals surface area (Å²) < 4.78 is 5.18. The minimum absolute atomic E-state index is 0.866. The number of hydrogen-bond donors (Lipinski definition) is 0. The SMILES string of the molecule is COc1ccc(C2=C(N=C=S)SCCCS2)cc1. The molecule has 0 amide bonds. The zero-order chi connectivity index (χ0) is 12.8. The predicted octanol–water partition coefficient (Wildman–Crippen LogP) is 4.29. The summed E-state index contributed by atoms with van der Waals surface area (Å²) in [4.78, 5) is 5.39. The Bertz CT molecular complexity index is 489. The average molecular weight is 295 g/mol. The summed E-state index contributed by atoms with van der Waals surface area (Å²) >= 11 is 8.32. The highest BCUT2D eigenvalue weighted by Gasteiger charge is 2.14. The summed E-state index contributed by atoms with van der Waals surface area (Å²) in [5.41, 5.74) is 1.17. The lowest BCUT2D eigenvalue weighted by molar-refractivity contribution is 0.415. The van der Waals surface area contributed by atoms with E-state index >= 15 is 0 Å². The number of hydrogen-bond acceptors (Lipinski definition) is 5. The summed E-state index contributed by atoms with van der Waals surface area (Å²) in [6.45, 7) is 0. The molecule has 0 saturated heterocycles. The van der Waals surface area contributed by atoms with Crippen molar-refractivity contribution in [3.05, 3.63) is 34.9 Å². The van der Waals surface area contributed by atoms with Crippen LogP contribution in [0.2, 0.25) is 0 Å². The first-order valence-corrected chi connectivity index (χ1v) is 7.95. The van der Waals surface area contributed by atoms with Gasteiger partial charge in [-0.3, -0.25) is 0 Å². The third kappa shape index (κ3) is 3.39. The molecule has 0 bridgehead atoms. The second kappa shape index (κ2) is 7.00. The van der Waals surface area contributed by atoms with Gasteiger partial charge in [-0.2, -0.15) is 4.99 Å². The fraction of sp³-hybridized carbons (Fsp3) is 0.308. The highest BCUT2D eigenvalue weighted by Crippen LogP contribution is 2.40. The lowest BCUT2D eigenvalue weighted by Gasteiger charge is -2.08. The minimum atomic E-state index is 0.866. The Morgan fingerprint density at radius 1 is 1.22 bits per heavy atom. The van der Waals surface area contributed by atoms with Crippen LogP contribution >= 0.6 is 35.7 Å². The van der Waals surface area contributed by atoms with Gasteiger partial charge >= 0.3 is 0 Å². The molecule has 1 aliphatic heterocycles. The van der Waals surface area contributed by atoms with Crippen molar-refractivity contribution in [1.29, 1.82) is 0 Å². The molecule has 0 fully saturated rings. The molecule has 1 heterocycles. The molecule has 0 aromatic heterocycles. The maximum Gasteiger partial charge on any atom is 0.121 e. The van der Waals surface area contributed by atoms with Gasteiger partial charge in [-0.05, 0) is 42.1 Å². The zero-order valence-corrected chi connectivity index (χ0v) is 12.5. The number of nitrogens with zero attached hydrogens (tertiary/aromatic N) is 1. The van der Waals surface area contributed by atoms with Crippen molar-refractivity contribution in [1.82, 2.24) is 0 Å². The van der Waals surface area contributed by atoms with Gasteiger partial charge < -0.3 is 4.74 Å². The molecule has 0 radical (unpaired) electrons. The quantitative estimate of drug-likeness (QED) is 0.612. The van der Waals surface area contributed by atoms with Crippen molar-refractivity contribution in [2.75, 3.05) is 18.6 Å². The number of thiocarbonyl (C=S) groups is 1. The van der Waals surface area contributed by atoms with Crippen molar-refractivity contribution in [3.8, 4) is 5.75 Å². The van der Waals surface area contributed by atoms with Gasteiger partial charge in [0.05, 0.1) is 12.3 Å². The van der Waals surface area contributed by atoms with E-state index in [2.05, 4.69) is 22.3 Å². The lowest BCUT2D eigenvalue weighted by atomic mass is 10.2. The molecule has 0 aliphatic carbocycles. The van der Waals surface area contributed by atoms with E-state index in [1.165, 1.54) is 16.9 Å². The second-order valence-electron chi connectivity index (χ2n) is 3.62. The number of rotatable bonds is 3. The average Bonchev–Trinajstić information content (AvgIpc) is 2.65. The van der Waals surface area contributed by atoms with Gasteiger partial charge in [0.25, 0.3) is 0 Å². The molecule has 2 rings (SSSR count). The first-order valence-electron chi connectivity index (χ1n) is 5.57.